The Morgan fingerprint density at radius 1 is 1.42 bits per heavy atom. The van der Waals surface area contributed by atoms with Crippen LogP contribution in [0, 0.1) is 6.92 Å². The van der Waals surface area contributed by atoms with Crippen LogP contribution >= 0.6 is 0 Å². The number of aliphatic hydroxyl groups is 1. The summed E-state index contributed by atoms with van der Waals surface area (Å²) in [5.74, 6) is 0.227. The molecular weight excluding hydrogens is 302 g/mol. The molecule has 2 aromatic rings. The van der Waals surface area contributed by atoms with Crippen molar-refractivity contribution in [1.82, 2.24) is 15.1 Å². The van der Waals surface area contributed by atoms with Gasteiger partial charge in [0.1, 0.15) is 6.10 Å². The van der Waals surface area contributed by atoms with E-state index in [1.54, 1.807) is 4.90 Å². The van der Waals surface area contributed by atoms with E-state index in [2.05, 4.69) is 41.4 Å². The number of hydrogen-bond acceptors (Lipinski definition) is 3. The molecule has 0 aliphatic carbocycles. The molecule has 0 bridgehead atoms. The lowest BCUT2D eigenvalue weighted by Gasteiger charge is -2.33. The molecule has 1 atom stereocenters. The largest absolute Gasteiger partial charge is 0.383 e. The van der Waals surface area contributed by atoms with Crippen molar-refractivity contribution in [1.29, 1.82) is 0 Å². The predicted octanol–water partition coefficient (Wildman–Crippen LogP) is 2.86. The summed E-state index contributed by atoms with van der Waals surface area (Å²) in [5, 5.41) is 17.2. The van der Waals surface area contributed by atoms with Crippen molar-refractivity contribution in [3.63, 3.8) is 0 Å². The maximum atomic E-state index is 12.1. The van der Waals surface area contributed by atoms with Gasteiger partial charge in [-0.1, -0.05) is 36.8 Å². The smallest absolute Gasteiger partial charge is 0.251 e. The number of hydrogen-bond donors (Lipinski definition) is 2. The first-order valence-electron chi connectivity index (χ1n) is 8.67. The van der Waals surface area contributed by atoms with E-state index in [0.29, 0.717) is 25.4 Å². The number of carbonyl (C=O) groups is 1. The fourth-order valence-electron chi connectivity index (χ4n) is 3.42. The molecule has 1 aromatic heterocycles. The molecule has 1 fully saturated rings. The summed E-state index contributed by atoms with van der Waals surface area (Å²) >= 11 is 0. The van der Waals surface area contributed by atoms with Gasteiger partial charge >= 0.3 is 0 Å². The molecule has 1 unspecified atom stereocenters. The van der Waals surface area contributed by atoms with Gasteiger partial charge in [0.15, 0.2) is 0 Å². The van der Waals surface area contributed by atoms with Gasteiger partial charge in [-0.05, 0) is 31.7 Å². The van der Waals surface area contributed by atoms with Crippen LogP contribution in [0.5, 0.6) is 0 Å². The molecule has 1 aliphatic heterocycles. The minimum absolute atomic E-state index is 0.139. The highest BCUT2D eigenvalue weighted by Gasteiger charge is 2.28. The lowest BCUT2D eigenvalue weighted by atomic mass is 9.89. The molecule has 2 heterocycles. The van der Waals surface area contributed by atoms with Crippen molar-refractivity contribution >= 4 is 5.91 Å². The first-order chi connectivity index (χ1) is 11.6. The van der Waals surface area contributed by atoms with E-state index < -0.39 is 6.10 Å². The zero-order chi connectivity index (χ0) is 17.1. The lowest BCUT2D eigenvalue weighted by Crippen LogP contribution is -2.43. The highest BCUT2D eigenvalue weighted by atomic mass is 16.3. The summed E-state index contributed by atoms with van der Waals surface area (Å²) in [7, 11) is 0. The minimum Gasteiger partial charge on any atom is -0.383 e. The third-order valence-corrected chi connectivity index (χ3v) is 4.88. The van der Waals surface area contributed by atoms with E-state index in [9.17, 15) is 9.90 Å². The number of piperidine rings is 1. The van der Waals surface area contributed by atoms with Crippen molar-refractivity contribution in [3.05, 3.63) is 41.7 Å². The topological polar surface area (TPSA) is 69.2 Å². The standard InChI is InChI=1S/C19H25N3O2/c1-3-17(23)19(24)22-9-7-14(8-10-22)18-16(12-20-21-18)15-6-4-5-13(2)11-15/h4-6,11-12,14,17,23H,3,7-10H2,1-2H3,(H,20,21). The minimum atomic E-state index is -0.864. The Balaban J connectivity index is 1.72. The number of H-pyrrole nitrogens is 1. The second-order valence-electron chi connectivity index (χ2n) is 6.59. The number of rotatable bonds is 4. The van der Waals surface area contributed by atoms with Crippen LogP contribution in [0.25, 0.3) is 11.1 Å². The average molecular weight is 327 g/mol. The first-order valence-corrected chi connectivity index (χ1v) is 8.67. The number of nitrogens with zero attached hydrogens (tertiary/aromatic N) is 2. The molecular formula is C19H25N3O2. The van der Waals surface area contributed by atoms with Crippen molar-refractivity contribution < 1.29 is 9.90 Å². The Kier molecular flexibility index (Phi) is 5.00. The van der Waals surface area contributed by atoms with Crippen LogP contribution in [-0.4, -0.2) is 45.3 Å². The first kappa shape index (κ1) is 16.7. The fourth-order valence-corrected chi connectivity index (χ4v) is 3.42. The summed E-state index contributed by atoms with van der Waals surface area (Å²) in [6, 6.07) is 8.43. The van der Waals surface area contributed by atoms with E-state index in [4.69, 9.17) is 0 Å². The van der Waals surface area contributed by atoms with Crippen molar-refractivity contribution in [2.75, 3.05) is 13.1 Å². The van der Waals surface area contributed by atoms with E-state index in [-0.39, 0.29) is 5.91 Å². The Bertz CT molecular complexity index is 702. The number of benzene rings is 1. The van der Waals surface area contributed by atoms with E-state index in [0.717, 1.165) is 24.1 Å². The molecule has 0 saturated carbocycles. The third-order valence-electron chi connectivity index (χ3n) is 4.88. The molecule has 5 heteroatoms. The molecule has 0 radical (unpaired) electrons. The van der Waals surface area contributed by atoms with Crippen LogP contribution < -0.4 is 0 Å². The van der Waals surface area contributed by atoms with E-state index >= 15 is 0 Å². The SMILES string of the molecule is CCC(O)C(=O)N1CCC(c2[nH]ncc2-c2cccc(C)c2)CC1. The summed E-state index contributed by atoms with van der Waals surface area (Å²) in [4.78, 5) is 13.9. The van der Waals surface area contributed by atoms with Crippen LogP contribution in [-0.2, 0) is 4.79 Å². The van der Waals surface area contributed by atoms with Gasteiger partial charge in [-0.15, -0.1) is 0 Å². The Labute approximate surface area is 142 Å². The summed E-state index contributed by atoms with van der Waals surface area (Å²) in [6.45, 7) is 5.29. The maximum absolute atomic E-state index is 12.1. The molecule has 1 saturated heterocycles. The zero-order valence-electron chi connectivity index (χ0n) is 14.3. The number of aromatic nitrogens is 2. The van der Waals surface area contributed by atoms with Crippen molar-refractivity contribution in [2.45, 2.75) is 45.1 Å². The summed E-state index contributed by atoms with van der Waals surface area (Å²) in [5.41, 5.74) is 4.72. The highest BCUT2D eigenvalue weighted by Crippen LogP contribution is 2.34. The van der Waals surface area contributed by atoms with Crippen molar-refractivity contribution in [2.24, 2.45) is 0 Å². The second kappa shape index (κ2) is 7.18. The molecule has 1 aromatic carbocycles. The van der Waals surface area contributed by atoms with Crippen molar-refractivity contribution in [3.8, 4) is 11.1 Å². The average Bonchev–Trinajstić information content (AvgIpc) is 3.10. The Hall–Kier alpha value is -2.14. The second-order valence-corrected chi connectivity index (χ2v) is 6.59. The van der Waals surface area contributed by atoms with Crippen LogP contribution in [0.1, 0.15) is 43.4 Å². The monoisotopic (exact) mass is 327 g/mol. The van der Waals surface area contributed by atoms with Gasteiger partial charge in [0.2, 0.25) is 0 Å². The number of aliphatic hydroxyl groups excluding tert-OH is 1. The third kappa shape index (κ3) is 3.36. The number of amides is 1. The summed E-state index contributed by atoms with van der Waals surface area (Å²) < 4.78 is 0. The van der Waals surface area contributed by atoms with Crippen LogP contribution in [0.3, 0.4) is 0 Å². The number of likely N-dealkylation sites (tertiary alicyclic amines) is 1. The van der Waals surface area contributed by atoms with Crippen LogP contribution in [0.15, 0.2) is 30.5 Å². The summed E-state index contributed by atoms with van der Waals surface area (Å²) in [6.07, 6.45) is 3.28. The number of aryl methyl sites for hydroxylation is 1. The predicted molar refractivity (Wildman–Crippen MR) is 93.6 cm³/mol. The molecule has 24 heavy (non-hydrogen) atoms. The molecule has 1 aliphatic rings. The normalized spacial score (nSPS) is 17.0. The Morgan fingerprint density at radius 2 is 2.17 bits per heavy atom. The zero-order valence-corrected chi connectivity index (χ0v) is 14.3. The molecule has 2 N–H and O–H groups in total. The quantitative estimate of drug-likeness (QED) is 0.907. The van der Waals surface area contributed by atoms with Gasteiger partial charge in [0.05, 0.1) is 6.20 Å². The molecule has 1 amide bonds. The van der Waals surface area contributed by atoms with Gasteiger partial charge in [-0.3, -0.25) is 9.89 Å². The lowest BCUT2D eigenvalue weighted by molar-refractivity contribution is -0.141. The van der Waals surface area contributed by atoms with Gasteiger partial charge in [-0.2, -0.15) is 5.10 Å². The van der Waals surface area contributed by atoms with Gasteiger partial charge < -0.3 is 10.0 Å². The van der Waals surface area contributed by atoms with E-state index in [1.165, 1.54) is 11.1 Å². The molecule has 5 nitrogen and oxygen atoms in total. The number of aromatic amines is 1. The highest BCUT2D eigenvalue weighted by molar-refractivity contribution is 5.80. The van der Waals surface area contributed by atoms with Crippen LogP contribution in [0.2, 0.25) is 0 Å². The molecule has 0 spiro atoms. The molecule has 128 valence electrons. The van der Waals surface area contributed by atoms with Gasteiger partial charge in [0, 0.05) is 30.3 Å². The maximum Gasteiger partial charge on any atom is 0.251 e. The Morgan fingerprint density at radius 3 is 2.83 bits per heavy atom. The fraction of sp³-hybridized carbons (Fsp3) is 0.474. The number of carbonyl (C=O) groups excluding carboxylic acids is 1. The van der Waals surface area contributed by atoms with Gasteiger partial charge in [-0.25, -0.2) is 0 Å². The van der Waals surface area contributed by atoms with Crippen LogP contribution in [0.4, 0.5) is 0 Å². The number of nitrogens with one attached hydrogen (secondary N) is 1. The van der Waals surface area contributed by atoms with Gasteiger partial charge in [0.25, 0.3) is 5.91 Å². The van der Waals surface area contributed by atoms with E-state index in [1.807, 2.05) is 13.1 Å². The molecule has 3 rings (SSSR count).